The molecule has 0 heterocycles. The van der Waals surface area contributed by atoms with Gasteiger partial charge in [0.05, 0.1) is 11.6 Å². The van der Waals surface area contributed by atoms with Crippen molar-refractivity contribution < 1.29 is 0 Å². The van der Waals surface area contributed by atoms with Crippen molar-refractivity contribution in [1.82, 2.24) is 9.80 Å². The van der Waals surface area contributed by atoms with E-state index in [1.54, 1.807) is 0 Å². The van der Waals surface area contributed by atoms with Gasteiger partial charge in [-0.25, -0.2) is 0 Å². The fourth-order valence-corrected chi connectivity index (χ4v) is 2.89. The van der Waals surface area contributed by atoms with Gasteiger partial charge in [0.25, 0.3) is 0 Å². The van der Waals surface area contributed by atoms with E-state index in [2.05, 4.69) is 49.1 Å². The van der Waals surface area contributed by atoms with Crippen LogP contribution in [0.25, 0.3) is 0 Å². The van der Waals surface area contributed by atoms with Crippen molar-refractivity contribution in [2.45, 2.75) is 31.3 Å². The highest BCUT2D eigenvalue weighted by atomic mass is 15.2. The molecule has 3 nitrogen and oxygen atoms in total. The molecule has 0 saturated heterocycles. The molecule has 0 unspecified atom stereocenters. The Labute approximate surface area is 116 Å². The van der Waals surface area contributed by atoms with Crippen LogP contribution in [-0.4, -0.2) is 43.0 Å². The Hall–Kier alpha value is -1.37. The van der Waals surface area contributed by atoms with E-state index >= 15 is 0 Å². The second-order valence-electron chi connectivity index (χ2n) is 5.95. The van der Waals surface area contributed by atoms with Crippen LogP contribution in [-0.2, 0) is 6.54 Å². The van der Waals surface area contributed by atoms with Crippen molar-refractivity contribution in [2.75, 3.05) is 27.7 Å². The molecule has 1 fully saturated rings. The predicted molar refractivity (Wildman–Crippen MR) is 77.8 cm³/mol. The van der Waals surface area contributed by atoms with Gasteiger partial charge in [0, 0.05) is 18.6 Å². The van der Waals surface area contributed by atoms with Gasteiger partial charge in [0.15, 0.2) is 0 Å². The lowest BCUT2D eigenvalue weighted by Crippen LogP contribution is -2.56. The van der Waals surface area contributed by atoms with Gasteiger partial charge in [-0.05, 0) is 58.1 Å². The van der Waals surface area contributed by atoms with Crippen LogP contribution in [0.15, 0.2) is 24.3 Å². The predicted octanol–water partition coefficient (Wildman–Crippen LogP) is 2.47. The smallest absolute Gasteiger partial charge is 0.0991 e. The Bertz CT molecular complexity index is 452. The zero-order chi connectivity index (χ0) is 13.9. The third-order valence-corrected chi connectivity index (χ3v) is 4.33. The number of nitrogens with zero attached hydrogens (tertiary/aromatic N) is 3. The molecule has 1 saturated carbocycles. The molecule has 0 aromatic heterocycles. The van der Waals surface area contributed by atoms with E-state index in [0.717, 1.165) is 18.7 Å². The molecule has 0 N–H and O–H groups in total. The van der Waals surface area contributed by atoms with Crippen LogP contribution < -0.4 is 0 Å². The summed E-state index contributed by atoms with van der Waals surface area (Å²) in [5.41, 5.74) is 2.38. The summed E-state index contributed by atoms with van der Waals surface area (Å²) in [5.74, 6) is 0. The van der Waals surface area contributed by atoms with Crippen molar-refractivity contribution in [3.63, 3.8) is 0 Å². The molecule has 0 radical (unpaired) electrons. The Kier molecular flexibility index (Phi) is 4.24. The minimum atomic E-state index is 0.376. The highest BCUT2D eigenvalue weighted by Gasteiger charge is 2.39. The lowest BCUT2D eigenvalue weighted by molar-refractivity contribution is 0.0259. The molecular weight excluding hydrogens is 234 g/mol. The Morgan fingerprint density at radius 2 is 1.79 bits per heavy atom. The van der Waals surface area contributed by atoms with E-state index in [0.29, 0.717) is 5.54 Å². The van der Waals surface area contributed by atoms with Crippen molar-refractivity contribution in [3.8, 4) is 6.07 Å². The number of nitriles is 1. The maximum absolute atomic E-state index is 8.80. The first kappa shape index (κ1) is 14.0. The molecule has 0 spiro atoms. The first-order valence-corrected chi connectivity index (χ1v) is 6.91. The highest BCUT2D eigenvalue weighted by molar-refractivity contribution is 5.31. The normalized spacial score (nSPS) is 17.3. The van der Waals surface area contributed by atoms with Gasteiger partial charge in [-0.1, -0.05) is 12.1 Å². The summed E-state index contributed by atoms with van der Waals surface area (Å²) < 4.78 is 0. The van der Waals surface area contributed by atoms with Gasteiger partial charge in [0.2, 0.25) is 0 Å². The average Bonchev–Trinajstić information content (AvgIpc) is 2.34. The quantitative estimate of drug-likeness (QED) is 0.812. The largest absolute Gasteiger partial charge is 0.302 e. The summed E-state index contributed by atoms with van der Waals surface area (Å²) in [7, 11) is 6.56. The molecule has 19 heavy (non-hydrogen) atoms. The molecule has 2 rings (SSSR count). The molecule has 1 aliphatic carbocycles. The van der Waals surface area contributed by atoms with Crippen LogP contribution in [0.2, 0.25) is 0 Å². The van der Waals surface area contributed by atoms with Crippen molar-refractivity contribution >= 4 is 0 Å². The Morgan fingerprint density at radius 3 is 2.21 bits per heavy atom. The van der Waals surface area contributed by atoms with E-state index in [-0.39, 0.29) is 0 Å². The van der Waals surface area contributed by atoms with Crippen molar-refractivity contribution in [1.29, 1.82) is 5.26 Å². The molecule has 0 atom stereocenters. The van der Waals surface area contributed by atoms with Crippen LogP contribution in [0.5, 0.6) is 0 Å². The summed E-state index contributed by atoms with van der Waals surface area (Å²) in [5, 5.41) is 8.80. The molecule has 102 valence electrons. The van der Waals surface area contributed by atoms with E-state index in [4.69, 9.17) is 5.26 Å². The number of hydrogen-bond donors (Lipinski definition) is 0. The summed E-state index contributed by atoms with van der Waals surface area (Å²) >= 11 is 0. The van der Waals surface area contributed by atoms with Gasteiger partial charge >= 0.3 is 0 Å². The Balaban J connectivity index is 1.93. The highest BCUT2D eigenvalue weighted by Crippen LogP contribution is 2.36. The lowest BCUT2D eigenvalue weighted by atomic mass is 9.75. The fraction of sp³-hybridized carbons (Fsp3) is 0.562. The first-order valence-electron chi connectivity index (χ1n) is 6.91. The average molecular weight is 257 g/mol. The van der Waals surface area contributed by atoms with Crippen LogP contribution in [0.1, 0.15) is 30.4 Å². The molecule has 0 amide bonds. The lowest BCUT2D eigenvalue weighted by Gasteiger charge is -2.49. The molecule has 1 aromatic carbocycles. The first-order chi connectivity index (χ1) is 9.05. The van der Waals surface area contributed by atoms with Crippen LogP contribution >= 0.6 is 0 Å². The fourth-order valence-electron chi connectivity index (χ4n) is 2.89. The summed E-state index contributed by atoms with van der Waals surface area (Å²) in [6, 6.07) is 10.1. The van der Waals surface area contributed by atoms with Gasteiger partial charge in [-0.3, -0.25) is 0 Å². The maximum Gasteiger partial charge on any atom is 0.0991 e. The van der Waals surface area contributed by atoms with Crippen molar-refractivity contribution in [2.24, 2.45) is 0 Å². The molecule has 3 heteroatoms. The topological polar surface area (TPSA) is 30.3 Å². The SMILES string of the molecule is CN(Cc1ccc(C#N)cc1)CC1(N(C)C)CCC1. The van der Waals surface area contributed by atoms with E-state index in [1.165, 1.54) is 24.8 Å². The van der Waals surface area contributed by atoms with Gasteiger partial charge < -0.3 is 9.80 Å². The molecule has 0 aliphatic heterocycles. The number of rotatable bonds is 5. The van der Waals surface area contributed by atoms with Crippen molar-refractivity contribution in [3.05, 3.63) is 35.4 Å². The summed E-state index contributed by atoms with van der Waals surface area (Å²) in [4.78, 5) is 4.77. The molecule has 1 aliphatic rings. The number of hydrogen-bond acceptors (Lipinski definition) is 3. The molecule has 1 aromatic rings. The number of likely N-dealkylation sites (N-methyl/N-ethyl adjacent to an activating group) is 2. The summed E-state index contributed by atoms with van der Waals surface area (Å²) in [6.07, 6.45) is 3.96. The van der Waals surface area contributed by atoms with E-state index in [1.807, 2.05) is 12.1 Å². The van der Waals surface area contributed by atoms with E-state index < -0.39 is 0 Å². The van der Waals surface area contributed by atoms with E-state index in [9.17, 15) is 0 Å². The summed E-state index contributed by atoms with van der Waals surface area (Å²) in [6.45, 7) is 2.06. The zero-order valence-corrected chi connectivity index (χ0v) is 12.2. The van der Waals surface area contributed by atoms with Gasteiger partial charge in [-0.2, -0.15) is 5.26 Å². The van der Waals surface area contributed by atoms with Gasteiger partial charge in [-0.15, -0.1) is 0 Å². The Morgan fingerprint density at radius 1 is 1.16 bits per heavy atom. The second kappa shape index (κ2) is 5.73. The zero-order valence-electron chi connectivity index (χ0n) is 12.2. The standard InChI is InChI=1S/C16H23N3/c1-18(2)16(9-4-10-16)13-19(3)12-15-7-5-14(11-17)6-8-15/h5-8H,4,9-10,12-13H2,1-3H3. The third-order valence-electron chi connectivity index (χ3n) is 4.33. The molecule has 0 bridgehead atoms. The monoisotopic (exact) mass is 257 g/mol. The maximum atomic E-state index is 8.80. The van der Waals surface area contributed by atoms with Crippen LogP contribution in [0.4, 0.5) is 0 Å². The second-order valence-corrected chi connectivity index (χ2v) is 5.95. The van der Waals surface area contributed by atoms with Crippen LogP contribution in [0, 0.1) is 11.3 Å². The minimum Gasteiger partial charge on any atom is -0.302 e. The minimum absolute atomic E-state index is 0.376. The number of benzene rings is 1. The third kappa shape index (κ3) is 3.15. The molecular formula is C16H23N3. The van der Waals surface area contributed by atoms with Gasteiger partial charge in [0.1, 0.15) is 0 Å². The van der Waals surface area contributed by atoms with Crippen LogP contribution in [0.3, 0.4) is 0 Å².